The number of likely N-dealkylation sites (N-methyl/N-ethyl adjacent to an activating group) is 1. The molecule has 1 atom stereocenters. The van der Waals surface area contributed by atoms with Crippen LogP contribution in [0, 0.1) is 29.6 Å². The van der Waals surface area contributed by atoms with Crippen molar-refractivity contribution >= 4 is 5.91 Å². The molecular weight excluding hydrogens is 200 g/mol. The summed E-state index contributed by atoms with van der Waals surface area (Å²) in [5.41, 5.74) is 5.53. The van der Waals surface area contributed by atoms with Crippen LogP contribution in [0.1, 0.15) is 32.1 Å². The van der Waals surface area contributed by atoms with Crippen molar-refractivity contribution in [3.63, 3.8) is 0 Å². The summed E-state index contributed by atoms with van der Waals surface area (Å²) in [6.07, 6.45) is 6.86. The first-order chi connectivity index (χ1) is 7.69. The van der Waals surface area contributed by atoms with Crippen molar-refractivity contribution in [3.05, 3.63) is 0 Å². The maximum Gasteiger partial charge on any atom is 0.234 e. The van der Waals surface area contributed by atoms with Gasteiger partial charge in [0.25, 0.3) is 0 Å². The minimum atomic E-state index is -0.153. The Balaban J connectivity index is 1.83. The molecule has 0 saturated heterocycles. The van der Waals surface area contributed by atoms with E-state index in [9.17, 15) is 4.79 Å². The third kappa shape index (κ3) is 1.48. The van der Waals surface area contributed by atoms with Crippen molar-refractivity contribution in [3.8, 4) is 0 Å². The van der Waals surface area contributed by atoms with E-state index in [-0.39, 0.29) is 11.9 Å². The van der Waals surface area contributed by atoms with Gasteiger partial charge in [0.2, 0.25) is 5.91 Å². The standard InChI is InChI=1S/C13H22N2O/c1-15-12(13(14)16)11-9-3-7-2-8(5-9)6-10(11)4-7/h7-12,15H,2-6H2,1H3,(H2,14,16). The predicted octanol–water partition coefficient (Wildman–Crippen LogP) is 1.13. The molecule has 4 bridgehead atoms. The van der Waals surface area contributed by atoms with Crippen molar-refractivity contribution in [1.29, 1.82) is 0 Å². The fraction of sp³-hybridized carbons (Fsp3) is 0.923. The van der Waals surface area contributed by atoms with Gasteiger partial charge >= 0.3 is 0 Å². The van der Waals surface area contributed by atoms with Crippen LogP contribution < -0.4 is 11.1 Å². The molecule has 3 N–H and O–H groups in total. The maximum absolute atomic E-state index is 11.5. The number of hydrogen-bond acceptors (Lipinski definition) is 2. The molecule has 0 heterocycles. The molecule has 90 valence electrons. The van der Waals surface area contributed by atoms with E-state index in [4.69, 9.17) is 5.73 Å². The van der Waals surface area contributed by atoms with Crippen LogP contribution in [0.4, 0.5) is 0 Å². The van der Waals surface area contributed by atoms with Gasteiger partial charge in [0.1, 0.15) is 0 Å². The Kier molecular flexibility index (Phi) is 2.46. The summed E-state index contributed by atoms with van der Waals surface area (Å²) in [5, 5.41) is 3.15. The lowest BCUT2D eigenvalue weighted by Crippen LogP contribution is -2.56. The summed E-state index contributed by atoms with van der Waals surface area (Å²) in [6, 6.07) is -0.0880. The molecule has 4 aliphatic rings. The Morgan fingerprint density at radius 2 is 1.62 bits per heavy atom. The van der Waals surface area contributed by atoms with E-state index in [0.717, 1.165) is 23.7 Å². The molecule has 1 amide bonds. The normalized spacial score (nSPS) is 46.9. The van der Waals surface area contributed by atoms with Gasteiger partial charge in [-0.2, -0.15) is 0 Å². The average molecular weight is 222 g/mol. The highest BCUT2D eigenvalue weighted by atomic mass is 16.1. The number of nitrogens with one attached hydrogen (secondary N) is 1. The molecule has 0 aromatic heterocycles. The van der Waals surface area contributed by atoms with Crippen molar-refractivity contribution in [1.82, 2.24) is 5.32 Å². The highest BCUT2D eigenvalue weighted by Gasteiger charge is 2.51. The smallest absolute Gasteiger partial charge is 0.234 e. The van der Waals surface area contributed by atoms with E-state index in [1.165, 1.54) is 32.1 Å². The number of rotatable bonds is 3. The molecule has 16 heavy (non-hydrogen) atoms. The SMILES string of the molecule is CNC(C(N)=O)C1C2CC3CC(C2)CC1C3. The number of carbonyl (C=O) groups excluding carboxylic acids is 1. The summed E-state index contributed by atoms with van der Waals surface area (Å²) in [5.74, 6) is 3.82. The third-order valence-corrected chi connectivity index (χ3v) is 5.30. The van der Waals surface area contributed by atoms with Crippen molar-refractivity contribution < 1.29 is 4.79 Å². The minimum absolute atomic E-state index is 0.0880. The largest absolute Gasteiger partial charge is 0.368 e. The van der Waals surface area contributed by atoms with Gasteiger partial charge in [-0.3, -0.25) is 4.79 Å². The first-order valence-electron chi connectivity index (χ1n) is 6.65. The van der Waals surface area contributed by atoms with E-state index in [0.29, 0.717) is 5.92 Å². The average Bonchev–Trinajstić information content (AvgIpc) is 2.21. The zero-order chi connectivity index (χ0) is 11.3. The molecule has 1 unspecified atom stereocenters. The lowest BCUT2D eigenvalue weighted by atomic mass is 9.50. The van der Waals surface area contributed by atoms with Gasteiger partial charge in [0.05, 0.1) is 6.04 Å². The summed E-state index contributed by atoms with van der Waals surface area (Å²) in [7, 11) is 1.88. The number of nitrogens with two attached hydrogens (primary N) is 1. The summed E-state index contributed by atoms with van der Waals surface area (Å²) in [4.78, 5) is 11.5. The monoisotopic (exact) mass is 222 g/mol. The molecule has 0 spiro atoms. The van der Waals surface area contributed by atoms with Crippen LogP contribution in [0.3, 0.4) is 0 Å². The van der Waals surface area contributed by atoms with Gasteiger partial charge in [0, 0.05) is 0 Å². The van der Waals surface area contributed by atoms with Gasteiger partial charge in [-0.25, -0.2) is 0 Å². The molecule has 0 aromatic carbocycles. The van der Waals surface area contributed by atoms with Crippen molar-refractivity contribution in [2.45, 2.75) is 38.1 Å². The van der Waals surface area contributed by atoms with Crippen LogP contribution in [-0.4, -0.2) is 19.0 Å². The lowest BCUT2D eigenvalue weighted by Gasteiger charge is -2.55. The Bertz CT molecular complexity index is 274. The van der Waals surface area contributed by atoms with Crippen LogP contribution in [0.2, 0.25) is 0 Å². The molecule has 0 aliphatic heterocycles. The van der Waals surface area contributed by atoms with Crippen LogP contribution in [0.15, 0.2) is 0 Å². The highest BCUT2D eigenvalue weighted by molar-refractivity contribution is 5.80. The Hall–Kier alpha value is -0.570. The van der Waals surface area contributed by atoms with E-state index in [1.54, 1.807) is 0 Å². The molecule has 4 rings (SSSR count). The van der Waals surface area contributed by atoms with E-state index >= 15 is 0 Å². The maximum atomic E-state index is 11.5. The van der Waals surface area contributed by atoms with Crippen LogP contribution >= 0.6 is 0 Å². The summed E-state index contributed by atoms with van der Waals surface area (Å²) >= 11 is 0. The fourth-order valence-corrected chi connectivity index (χ4v) is 5.04. The van der Waals surface area contributed by atoms with Gasteiger partial charge < -0.3 is 11.1 Å². The van der Waals surface area contributed by atoms with E-state index in [2.05, 4.69) is 5.32 Å². The van der Waals surface area contributed by atoms with Crippen molar-refractivity contribution in [2.24, 2.45) is 35.3 Å². The lowest BCUT2D eigenvalue weighted by molar-refractivity contribution is -0.127. The fourth-order valence-electron chi connectivity index (χ4n) is 5.04. The molecule has 4 fully saturated rings. The Morgan fingerprint density at radius 3 is 2.00 bits per heavy atom. The zero-order valence-corrected chi connectivity index (χ0v) is 9.99. The van der Waals surface area contributed by atoms with Crippen molar-refractivity contribution in [2.75, 3.05) is 7.05 Å². The molecule has 4 saturated carbocycles. The van der Waals surface area contributed by atoms with Crippen LogP contribution in [0.25, 0.3) is 0 Å². The number of amides is 1. The van der Waals surface area contributed by atoms with Gasteiger partial charge in [-0.15, -0.1) is 0 Å². The second-order valence-corrected chi connectivity index (χ2v) is 6.18. The second-order valence-electron chi connectivity index (χ2n) is 6.18. The van der Waals surface area contributed by atoms with Gasteiger partial charge in [0.15, 0.2) is 0 Å². The summed E-state index contributed by atoms with van der Waals surface area (Å²) in [6.45, 7) is 0. The molecule has 4 aliphatic carbocycles. The van der Waals surface area contributed by atoms with E-state index < -0.39 is 0 Å². The Morgan fingerprint density at radius 1 is 1.12 bits per heavy atom. The van der Waals surface area contributed by atoms with E-state index in [1.807, 2.05) is 7.05 Å². The molecule has 3 nitrogen and oxygen atoms in total. The summed E-state index contributed by atoms with van der Waals surface area (Å²) < 4.78 is 0. The quantitative estimate of drug-likeness (QED) is 0.752. The van der Waals surface area contributed by atoms with Crippen LogP contribution in [-0.2, 0) is 4.79 Å². The van der Waals surface area contributed by atoms with Gasteiger partial charge in [-0.1, -0.05) is 0 Å². The minimum Gasteiger partial charge on any atom is -0.368 e. The topological polar surface area (TPSA) is 55.1 Å². The first-order valence-corrected chi connectivity index (χ1v) is 6.65. The number of primary amides is 1. The predicted molar refractivity (Wildman–Crippen MR) is 62.6 cm³/mol. The molecular formula is C13H22N2O. The highest BCUT2D eigenvalue weighted by Crippen LogP contribution is 2.57. The number of carbonyl (C=O) groups is 1. The molecule has 3 heteroatoms. The number of hydrogen-bond donors (Lipinski definition) is 2. The zero-order valence-electron chi connectivity index (χ0n) is 9.99. The molecule has 0 radical (unpaired) electrons. The second kappa shape index (κ2) is 3.73. The third-order valence-electron chi connectivity index (χ3n) is 5.30. The van der Waals surface area contributed by atoms with Crippen LogP contribution in [0.5, 0.6) is 0 Å². The Labute approximate surface area is 97.2 Å². The molecule has 0 aromatic rings. The van der Waals surface area contributed by atoms with Gasteiger partial charge in [-0.05, 0) is 68.7 Å². The first kappa shape index (κ1) is 10.6.